The van der Waals surface area contributed by atoms with Gasteiger partial charge in [-0.3, -0.25) is 4.79 Å². The predicted octanol–water partition coefficient (Wildman–Crippen LogP) is 2.33. The Balaban J connectivity index is 1.82. The van der Waals surface area contributed by atoms with Crippen LogP contribution in [0.4, 0.5) is 0 Å². The molecule has 0 amide bonds. The SMILES string of the molecule is CCO[14C](=O)[14C](=O)C12CC3CC(CC(C3)C1)C2. The molecule has 0 aliphatic heterocycles. The molecule has 0 N–H and O–H groups in total. The van der Waals surface area contributed by atoms with Gasteiger partial charge in [0.25, 0.3) is 0 Å². The summed E-state index contributed by atoms with van der Waals surface area (Å²) in [4.78, 5) is 24.0. The average Bonchev–Trinajstić information content (AvgIpc) is 2.26. The van der Waals surface area contributed by atoms with Gasteiger partial charge in [0.1, 0.15) is 0 Å². The van der Waals surface area contributed by atoms with Gasteiger partial charge in [-0.15, -0.1) is 0 Å². The van der Waals surface area contributed by atoms with Crippen LogP contribution < -0.4 is 0 Å². The first-order chi connectivity index (χ1) is 8.13. The average molecular weight is 240 g/mol. The summed E-state index contributed by atoms with van der Waals surface area (Å²) in [6.45, 7) is 2.06. The lowest BCUT2D eigenvalue weighted by Crippen LogP contribution is -2.52. The third kappa shape index (κ3) is 1.71. The summed E-state index contributed by atoms with van der Waals surface area (Å²) in [5.74, 6) is 1.27. The number of carbonyl (C=O) groups excluding carboxylic acids is 2. The maximum Gasteiger partial charge on any atom is 0.375 e. The van der Waals surface area contributed by atoms with Crippen molar-refractivity contribution in [2.75, 3.05) is 6.61 Å². The smallest absolute Gasteiger partial charge is 0.375 e. The van der Waals surface area contributed by atoms with Crippen LogP contribution in [0.5, 0.6) is 0 Å². The maximum absolute atomic E-state index is 12.3. The van der Waals surface area contributed by atoms with Crippen molar-refractivity contribution < 1.29 is 14.3 Å². The van der Waals surface area contributed by atoms with Gasteiger partial charge in [-0.05, 0) is 63.2 Å². The van der Waals surface area contributed by atoms with Crippen LogP contribution in [0.3, 0.4) is 0 Å². The Labute approximate surface area is 102 Å². The van der Waals surface area contributed by atoms with Gasteiger partial charge in [-0.25, -0.2) is 4.79 Å². The summed E-state index contributed by atoms with van der Waals surface area (Å²) >= 11 is 0. The van der Waals surface area contributed by atoms with Crippen molar-refractivity contribution in [3.05, 3.63) is 0 Å². The fourth-order valence-electron chi connectivity index (χ4n) is 4.80. The molecule has 4 aliphatic rings. The topological polar surface area (TPSA) is 43.4 Å². The van der Waals surface area contributed by atoms with E-state index in [4.69, 9.17) is 4.74 Å². The molecule has 0 aromatic rings. The Bertz CT molecular complexity index is 323. The van der Waals surface area contributed by atoms with E-state index >= 15 is 0 Å². The molecule has 4 saturated carbocycles. The van der Waals surface area contributed by atoms with Crippen LogP contribution in [0, 0.1) is 23.2 Å². The van der Waals surface area contributed by atoms with Gasteiger partial charge in [0.05, 0.1) is 6.61 Å². The summed E-state index contributed by atoms with van der Waals surface area (Å²) in [6, 6.07) is 0. The first-order valence-corrected chi connectivity index (χ1v) is 6.84. The zero-order valence-corrected chi connectivity index (χ0v) is 10.4. The van der Waals surface area contributed by atoms with Gasteiger partial charge in [-0.2, -0.15) is 0 Å². The minimum atomic E-state index is -0.588. The first-order valence-electron chi connectivity index (χ1n) is 6.84. The highest BCUT2D eigenvalue weighted by Gasteiger charge is 2.56. The number of esters is 1. The summed E-state index contributed by atoms with van der Waals surface area (Å²) in [6.07, 6.45) is 6.68. The fourth-order valence-corrected chi connectivity index (χ4v) is 4.80. The van der Waals surface area contributed by atoms with Gasteiger partial charge >= 0.3 is 5.97 Å². The van der Waals surface area contributed by atoms with Gasteiger partial charge in [0.15, 0.2) is 0 Å². The molecule has 94 valence electrons. The molecular weight excluding hydrogens is 220 g/mol. The van der Waals surface area contributed by atoms with Crippen LogP contribution in [0.2, 0.25) is 0 Å². The van der Waals surface area contributed by atoms with Gasteiger partial charge in [0.2, 0.25) is 5.78 Å². The van der Waals surface area contributed by atoms with Crippen molar-refractivity contribution in [2.24, 2.45) is 23.2 Å². The van der Waals surface area contributed by atoms with Crippen molar-refractivity contribution in [2.45, 2.75) is 45.4 Å². The summed E-state index contributed by atoms with van der Waals surface area (Å²) in [7, 11) is 0. The van der Waals surface area contributed by atoms with E-state index in [1.807, 2.05) is 0 Å². The number of Topliss-reactive ketones (excluding diaryl/α,β-unsaturated/α-hetero) is 1. The molecule has 3 nitrogen and oxygen atoms in total. The van der Waals surface area contributed by atoms with Crippen molar-refractivity contribution in [3.8, 4) is 0 Å². The molecule has 0 saturated heterocycles. The highest BCUT2D eigenvalue weighted by molar-refractivity contribution is 6.35. The van der Waals surface area contributed by atoms with Gasteiger partial charge in [-0.1, -0.05) is 0 Å². The van der Waals surface area contributed by atoms with E-state index < -0.39 is 5.97 Å². The number of ketones is 1. The standard InChI is InChI=1S/C14H20O3/c1-2-17-13(16)12(15)14-6-9-3-10(7-14)5-11(4-9)8-14/h9-11H,2-8H2,1H3/i12+2,13+2. The van der Waals surface area contributed by atoms with Crippen molar-refractivity contribution in [1.82, 2.24) is 0 Å². The van der Waals surface area contributed by atoms with Crippen molar-refractivity contribution in [1.29, 1.82) is 0 Å². The summed E-state index contributed by atoms with van der Waals surface area (Å²) < 4.78 is 4.90. The third-order valence-electron chi connectivity index (χ3n) is 4.98. The second-order valence-corrected chi connectivity index (χ2v) is 6.25. The van der Waals surface area contributed by atoms with E-state index in [1.54, 1.807) is 6.92 Å². The molecule has 0 radical (unpaired) electrons. The van der Waals surface area contributed by atoms with Crippen LogP contribution in [-0.2, 0) is 14.3 Å². The van der Waals surface area contributed by atoms with Gasteiger partial charge in [0, 0.05) is 5.41 Å². The Morgan fingerprint density at radius 1 is 1.06 bits per heavy atom. The lowest BCUT2D eigenvalue weighted by atomic mass is 9.53. The van der Waals surface area contributed by atoms with Crippen LogP contribution in [0.1, 0.15) is 45.4 Å². The van der Waals surface area contributed by atoms with Crippen molar-refractivity contribution >= 4 is 11.8 Å². The fraction of sp³-hybridized carbons (Fsp3) is 0.857. The van der Waals surface area contributed by atoms with E-state index in [-0.39, 0.29) is 11.2 Å². The van der Waals surface area contributed by atoms with Crippen LogP contribution in [0.15, 0.2) is 0 Å². The zero-order chi connectivity index (χ0) is 12.0. The van der Waals surface area contributed by atoms with E-state index in [9.17, 15) is 9.59 Å². The molecule has 0 aromatic carbocycles. The molecule has 3 heteroatoms. The summed E-state index contributed by atoms with van der Waals surface area (Å²) in [5.41, 5.74) is -0.332. The predicted molar refractivity (Wildman–Crippen MR) is 62.2 cm³/mol. The molecular formula is C14H20O3. The number of carbonyl (C=O) groups is 2. The molecule has 0 heterocycles. The molecule has 0 atom stereocenters. The molecule has 4 rings (SSSR count). The summed E-state index contributed by atoms with van der Waals surface area (Å²) in [5, 5.41) is 0. The Morgan fingerprint density at radius 2 is 1.53 bits per heavy atom. The van der Waals surface area contributed by atoms with E-state index in [0.29, 0.717) is 24.4 Å². The number of hydrogen-bond donors (Lipinski definition) is 0. The van der Waals surface area contributed by atoms with Gasteiger partial charge < -0.3 is 4.74 Å². The molecule has 0 spiro atoms. The minimum Gasteiger partial charge on any atom is -0.460 e. The molecule has 0 unspecified atom stereocenters. The minimum absolute atomic E-state index is 0.224. The highest BCUT2D eigenvalue weighted by atomic mass is 16.8. The lowest BCUT2D eigenvalue weighted by molar-refractivity contribution is -0.165. The van der Waals surface area contributed by atoms with E-state index in [0.717, 1.165) is 19.3 Å². The van der Waals surface area contributed by atoms with Crippen molar-refractivity contribution in [3.63, 3.8) is 0 Å². The Hall–Kier alpha value is -0.860. The Morgan fingerprint density at radius 3 is 1.94 bits per heavy atom. The molecule has 4 fully saturated rings. The molecule has 0 aromatic heterocycles. The lowest BCUT2D eigenvalue weighted by Gasteiger charge is -2.55. The molecule has 4 bridgehead atoms. The second kappa shape index (κ2) is 3.82. The third-order valence-corrected chi connectivity index (χ3v) is 4.98. The maximum atomic E-state index is 12.3. The Kier molecular flexibility index (Phi) is 2.53. The normalized spacial score (nSPS) is 42.5. The monoisotopic (exact) mass is 240 g/mol. The molecule has 4 aliphatic carbocycles. The second-order valence-electron chi connectivity index (χ2n) is 6.25. The quantitative estimate of drug-likeness (QED) is 0.561. The first kappa shape index (κ1) is 11.2. The van der Waals surface area contributed by atoms with Crippen LogP contribution in [-0.4, -0.2) is 18.4 Å². The van der Waals surface area contributed by atoms with E-state index in [2.05, 4.69) is 0 Å². The van der Waals surface area contributed by atoms with Crippen LogP contribution in [0.25, 0.3) is 0 Å². The zero-order valence-electron chi connectivity index (χ0n) is 10.4. The highest BCUT2D eigenvalue weighted by Crippen LogP contribution is 2.60. The number of hydrogen-bond acceptors (Lipinski definition) is 3. The largest absolute Gasteiger partial charge is 0.460 e. The number of rotatable bonds is 3. The van der Waals surface area contributed by atoms with E-state index in [1.165, 1.54) is 19.3 Å². The molecule has 17 heavy (non-hydrogen) atoms. The number of ether oxygens (including phenoxy) is 1. The van der Waals surface area contributed by atoms with Crippen LogP contribution >= 0.6 is 0 Å².